The van der Waals surface area contributed by atoms with Crippen LogP contribution < -0.4 is 5.32 Å². The monoisotopic (exact) mass is 422 g/mol. The van der Waals surface area contributed by atoms with Crippen molar-refractivity contribution in [3.63, 3.8) is 0 Å². The molecule has 0 saturated heterocycles. The van der Waals surface area contributed by atoms with Crippen LogP contribution in [0.2, 0.25) is 0 Å². The molecular formula is C15H15BrN6O2S. The molecule has 2 heterocycles. The van der Waals surface area contributed by atoms with Crippen LogP contribution in [0.15, 0.2) is 38.4 Å². The number of aryl methyl sites for hydroxylation is 2. The first-order valence-corrected chi connectivity index (χ1v) is 9.25. The Hall–Kier alpha value is -2.20. The lowest BCUT2D eigenvalue weighted by Crippen LogP contribution is -2.12. The van der Waals surface area contributed by atoms with Gasteiger partial charge in [0.2, 0.25) is 17.0 Å². The lowest BCUT2D eigenvalue weighted by molar-refractivity contribution is -0.116. The van der Waals surface area contributed by atoms with Crippen LogP contribution in [0.1, 0.15) is 24.0 Å². The van der Waals surface area contributed by atoms with Gasteiger partial charge in [0.15, 0.2) is 5.82 Å². The first kappa shape index (κ1) is 17.6. The molecule has 2 N–H and O–H groups in total. The fourth-order valence-electron chi connectivity index (χ4n) is 1.94. The smallest absolute Gasteiger partial charge is 0.227 e. The van der Waals surface area contributed by atoms with E-state index in [1.165, 1.54) is 11.8 Å². The van der Waals surface area contributed by atoms with Crippen LogP contribution in [0.5, 0.6) is 0 Å². The Bertz CT molecular complexity index is 848. The Balaban J connectivity index is 1.44. The Morgan fingerprint density at radius 2 is 2.12 bits per heavy atom. The summed E-state index contributed by atoms with van der Waals surface area (Å²) in [6.07, 6.45) is 0.657. The first-order chi connectivity index (χ1) is 12.1. The van der Waals surface area contributed by atoms with Gasteiger partial charge in [-0.2, -0.15) is 4.98 Å². The van der Waals surface area contributed by atoms with Crippen LogP contribution in [-0.4, -0.2) is 31.2 Å². The van der Waals surface area contributed by atoms with Crippen molar-refractivity contribution in [1.29, 1.82) is 0 Å². The summed E-state index contributed by atoms with van der Waals surface area (Å²) in [6, 6.07) is 7.39. The van der Waals surface area contributed by atoms with Gasteiger partial charge in [-0.05, 0) is 31.2 Å². The molecule has 2 aromatic heterocycles. The zero-order valence-corrected chi connectivity index (χ0v) is 15.7. The number of nitrogens with zero attached hydrogens (tertiary/aromatic N) is 4. The molecule has 3 rings (SSSR count). The van der Waals surface area contributed by atoms with Gasteiger partial charge in [0, 0.05) is 23.0 Å². The lowest BCUT2D eigenvalue weighted by Gasteiger charge is -2.03. The summed E-state index contributed by atoms with van der Waals surface area (Å²) in [5.41, 5.74) is 0.748. The number of aromatic nitrogens is 5. The molecule has 3 aromatic rings. The van der Waals surface area contributed by atoms with E-state index in [9.17, 15) is 4.79 Å². The number of carbonyl (C=O) groups excluding carboxylic acids is 1. The SMILES string of the molecule is Cc1nc(SCc2noc(CCC(=O)Nc3ccc(Br)cc3)n2)n[nH]1. The van der Waals surface area contributed by atoms with E-state index in [1.807, 2.05) is 31.2 Å². The van der Waals surface area contributed by atoms with Gasteiger partial charge >= 0.3 is 0 Å². The molecule has 0 aliphatic rings. The summed E-state index contributed by atoms with van der Waals surface area (Å²) in [5.74, 6) is 2.15. The molecule has 0 aliphatic carbocycles. The summed E-state index contributed by atoms with van der Waals surface area (Å²) in [6.45, 7) is 1.84. The number of nitrogens with one attached hydrogen (secondary N) is 2. The number of carbonyl (C=O) groups is 1. The molecular weight excluding hydrogens is 408 g/mol. The second-order valence-corrected chi connectivity index (χ2v) is 7.01. The van der Waals surface area contributed by atoms with Gasteiger partial charge < -0.3 is 9.84 Å². The van der Waals surface area contributed by atoms with E-state index in [1.54, 1.807) is 0 Å². The molecule has 0 unspecified atom stereocenters. The predicted octanol–water partition coefficient (Wildman–Crippen LogP) is 3.12. The molecule has 0 radical (unpaired) electrons. The number of rotatable bonds is 7. The maximum atomic E-state index is 12.0. The standard InChI is InChI=1S/C15H15BrN6O2S/c1-9-17-15(21-20-9)25-8-12-19-14(24-22-12)7-6-13(23)18-11-4-2-10(16)3-5-11/h2-5H,6-8H2,1H3,(H,18,23)(H,17,20,21). The third kappa shape index (κ3) is 5.40. The Labute approximate surface area is 156 Å². The molecule has 0 atom stereocenters. The quantitative estimate of drug-likeness (QED) is 0.562. The van der Waals surface area contributed by atoms with E-state index in [2.05, 4.69) is 46.6 Å². The number of H-pyrrole nitrogens is 1. The summed E-state index contributed by atoms with van der Waals surface area (Å²) in [7, 11) is 0. The van der Waals surface area contributed by atoms with Crippen molar-refractivity contribution in [3.05, 3.63) is 46.3 Å². The lowest BCUT2D eigenvalue weighted by atomic mass is 10.2. The topological polar surface area (TPSA) is 110 Å². The average molecular weight is 423 g/mol. The van der Waals surface area contributed by atoms with E-state index in [-0.39, 0.29) is 12.3 Å². The van der Waals surface area contributed by atoms with Crippen molar-refractivity contribution in [2.75, 3.05) is 5.32 Å². The minimum absolute atomic E-state index is 0.104. The van der Waals surface area contributed by atoms with Crippen molar-refractivity contribution in [2.45, 2.75) is 30.7 Å². The Kier molecular flexibility index (Phi) is 5.82. The summed E-state index contributed by atoms with van der Waals surface area (Å²) in [4.78, 5) is 20.4. The van der Waals surface area contributed by atoms with Gasteiger partial charge in [0.25, 0.3) is 0 Å². The van der Waals surface area contributed by atoms with Gasteiger partial charge in [-0.25, -0.2) is 4.98 Å². The van der Waals surface area contributed by atoms with Crippen LogP contribution in [0.4, 0.5) is 5.69 Å². The fraction of sp³-hybridized carbons (Fsp3) is 0.267. The van der Waals surface area contributed by atoms with Crippen LogP contribution in [0.25, 0.3) is 0 Å². The summed E-state index contributed by atoms with van der Waals surface area (Å²) < 4.78 is 6.13. The molecule has 8 nitrogen and oxygen atoms in total. The van der Waals surface area contributed by atoms with Gasteiger partial charge in [0.05, 0.1) is 5.75 Å². The van der Waals surface area contributed by atoms with Crippen LogP contribution >= 0.6 is 27.7 Å². The molecule has 0 spiro atoms. The number of anilines is 1. The van der Waals surface area contributed by atoms with Crippen molar-refractivity contribution in [2.24, 2.45) is 0 Å². The van der Waals surface area contributed by atoms with E-state index >= 15 is 0 Å². The molecule has 25 heavy (non-hydrogen) atoms. The van der Waals surface area contributed by atoms with Gasteiger partial charge in [-0.1, -0.05) is 32.8 Å². The molecule has 1 amide bonds. The van der Waals surface area contributed by atoms with E-state index < -0.39 is 0 Å². The predicted molar refractivity (Wildman–Crippen MR) is 96.1 cm³/mol. The maximum absolute atomic E-state index is 12.0. The second kappa shape index (κ2) is 8.26. The van der Waals surface area contributed by atoms with E-state index in [0.29, 0.717) is 29.0 Å². The highest BCUT2D eigenvalue weighted by molar-refractivity contribution is 9.10. The van der Waals surface area contributed by atoms with Crippen molar-refractivity contribution in [1.82, 2.24) is 25.3 Å². The largest absolute Gasteiger partial charge is 0.339 e. The van der Waals surface area contributed by atoms with Gasteiger partial charge in [-0.15, -0.1) is 5.10 Å². The number of thioether (sulfide) groups is 1. The minimum Gasteiger partial charge on any atom is -0.339 e. The number of hydrogen-bond donors (Lipinski definition) is 2. The Morgan fingerprint density at radius 3 is 2.84 bits per heavy atom. The van der Waals surface area contributed by atoms with Gasteiger partial charge in [-0.3, -0.25) is 9.89 Å². The van der Waals surface area contributed by atoms with Crippen LogP contribution in [0, 0.1) is 6.92 Å². The second-order valence-electron chi connectivity index (χ2n) is 5.15. The third-order valence-electron chi connectivity index (χ3n) is 3.11. The number of benzene rings is 1. The highest BCUT2D eigenvalue weighted by Crippen LogP contribution is 2.17. The molecule has 0 bridgehead atoms. The van der Waals surface area contributed by atoms with Crippen molar-refractivity contribution < 1.29 is 9.32 Å². The molecule has 130 valence electrons. The number of halogens is 1. The minimum atomic E-state index is -0.104. The molecule has 0 fully saturated rings. The number of aromatic amines is 1. The van der Waals surface area contributed by atoms with Crippen molar-refractivity contribution in [3.8, 4) is 0 Å². The number of amides is 1. The fourth-order valence-corrected chi connectivity index (χ4v) is 2.89. The maximum Gasteiger partial charge on any atom is 0.227 e. The molecule has 10 heteroatoms. The third-order valence-corrected chi connectivity index (χ3v) is 4.48. The van der Waals surface area contributed by atoms with E-state index in [0.717, 1.165) is 16.0 Å². The van der Waals surface area contributed by atoms with Crippen LogP contribution in [0.3, 0.4) is 0 Å². The average Bonchev–Trinajstić information content (AvgIpc) is 3.22. The van der Waals surface area contributed by atoms with Crippen LogP contribution in [-0.2, 0) is 17.0 Å². The molecule has 1 aromatic carbocycles. The highest BCUT2D eigenvalue weighted by atomic mass is 79.9. The first-order valence-electron chi connectivity index (χ1n) is 7.47. The zero-order chi connectivity index (χ0) is 17.6. The molecule has 0 saturated carbocycles. The van der Waals surface area contributed by atoms with Gasteiger partial charge in [0.1, 0.15) is 5.82 Å². The van der Waals surface area contributed by atoms with E-state index in [4.69, 9.17) is 4.52 Å². The normalized spacial score (nSPS) is 10.8. The Morgan fingerprint density at radius 1 is 1.32 bits per heavy atom. The van der Waals surface area contributed by atoms with Crippen molar-refractivity contribution >= 4 is 39.3 Å². The summed E-state index contributed by atoms with van der Waals surface area (Å²) >= 11 is 4.77. The highest BCUT2D eigenvalue weighted by Gasteiger charge is 2.11. The summed E-state index contributed by atoms with van der Waals surface area (Å²) in [5, 5.41) is 14.2. The zero-order valence-electron chi connectivity index (χ0n) is 13.3. The molecule has 0 aliphatic heterocycles. The number of hydrogen-bond acceptors (Lipinski definition) is 7.